The van der Waals surface area contributed by atoms with Crippen LogP contribution in [0.25, 0.3) is 0 Å². The van der Waals surface area contributed by atoms with Crippen molar-refractivity contribution in [2.45, 2.75) is 6.42 Å². The average Bonchev–Trinajstić information content (AvgIpc) is 1.65. The lowest BCUT2D eigenvalue weighted by Gasteiger charge is -2.09. The second kappa shape index (κ2) is 2.61. The quantitative estimate of drug-likeness (QED) is 0.381. The van der Waals surface area contributed by atoms with E-state index in [1.165, 1.54) is 0 Å². The lowest BCUT2D eigenvalue weighted by atomic mass is 10.4. The van der Waals surface area contributed by atoms with Crippen molar-refractivity contribution >= 4 is 5.84 Å². The molecule has 0 spiro atoms. The lowest BCUT2D eigenvalue weighted by Crippen LogP contribution is -2.19. The Kier molecular flexibility index (Phi) is 2.41. The van der Waals surface area contributed by atoms with Crippen molar-refractivity contribution in [1.29, 1.82) is 5.41 Å². The van der Waals surface area contributed by atoms with Crippen LogP contribution in [0.4, 0.5) is 0 Å². The Hall–Kier alpha value is -0.530. The molecular weight excluding hydrogens is 88.1 g/mol. The molecule has 0 saturated carbocycles. The number of nitrogens with one attached hydrogen (secondary N) is 1. The van der Waals surface area contributed by atoms with Gasteiger partial charge >= 0.3 is 0 Å². The number of hydrogen-bond acceptors (Lipinski definition) is 1. The van der Waals surface area contributed by atoms with E-state index in [1.807, 2.05) is 14.1 Å². The van der Waals surface area contributed by atoms with E-state index in [9.17, 15) is 0 Å². The van der Waals surface area contributed by atoms with Gasteiger partial charge in [-0.2, -0.15) is 0 Å². The van der Waals surface area contributed by atoms with Crippen LogP contribution >= 0.6 is 0 Å². The fourth-order valence-electron chi connectivity index (χ4n) is 0.224. The second-order valence-corrected chi connectivity index (χ2v) is 1.59. The van der Waals surface area contributed by atoms with Gasteiger partial charge in [-0.1, -0.05) is 0 Å². The Morgan fingerprint density at radius 2 is 2.14 bits per heavy atom. The van der Waals surface area contributed by atoms with Gasteiger partial charge in [0.2, 0.25) is 0 Å². The van der Waals surface area contributed by atoms with E-state index in [0.717, 1.165) is 0 Å². The highest BCUT2D eigenvalue weighted by Gasteiger charge is 1.89. The highest BCUT2D eigenvalue weighted by Crippen LogP contribution is 1.81. The van der Waals surface area contributed by atoms with Crippen molar-refractivity contribution in [3.63, 3.8) is 0 Å². The van der Waals surface area contributed by atoms with Crippen molar-refractivity contribution in [3.8, 4) is 0 Å². The molecule has 0 aromatic carbocycles. The summed E-state index contributed by atoms with van der Waals surface area (Å²) in [5.74, 6) is 0.569. The molecule has 0 rings (SSSR count). The average molecular weight is 99.2 g/mol. The van der Waals surface area contributed by atoms with E-state index >= 15 is 0 Å². The first-order valence-electron chi connectivity index (χ1n) is 2.22. The molecule has 1 radical (unpaired) electrons. The summed E-state index contributed by atoms with van der Waals surface area (Å²) in [5.41, 5.74) is 0. The molecule has 0 fully saturated rings. The third-order valence-electron chi connectivity index (χ3n) is 0.777. The van der Waals surface area contributed by atoms with Crippen LogP contribution in [0.3, 0.4) is 0 Å². The maximum atomic E-state index is 7.06. The molecule has 0 aliphatic rings. The highest BCUT2D eigenvalue weighted by molar-refractivity contribution is 5.78. The molecule has 2 nitrogen and oxygen atoms in total. The summed E-state index contributed by atoms with van der Waals surface area (Å²) in [6.45, 7) is 3.54. The number of hydrogen-bond donors (Lipinski definition) is 1. The molecule has 0 saturated heterocycles. The van der Waals surface area contributed by atoms with Crippen molar-refractivity contribution in [1.82, 2.24) is 4.90 Å². The summed E-state index contributed by atoms with van der Waals surface area (Å²) in [6.07, 6.45) is 0.576. The number of amidine groups is 1. The third-order valence-corrected chi connectivity index (χ3v) is 0.777. The maximum Gasteiger partial charge on any atom is 0.0952 e. The second-order valence-electron chi connectivity index (χ2n) is 1.59. The zero-order valence-corrected chi connectivity index (χ0v) is 4.86. The van der Waals surface area contributed by atoms with E-state index in [-0.39, 0.29) is 0 Å². The van der Waals surface area contributed by atoms with E-state index < -0.39 is 0 Å². The Bertz CT molecular complexity index is 66.5. The van der Waals surface area contributed by atoms with Gasteiger partial charge in [0.05, 0.1) is 5.84 Å². The van der Waals surface area contributed by atoms with Crippen molar-refractivity contribution in [2.75, 3.05) is 14.1 Å². The predicted molar refractivity (Wildman–Crippen MR) is 31.4 cm³/mol. The van der Waals surface area contributed by atoms with Crippen LogP contribution in [0.2, 0.25) is 0 Å². The van der Waals surface area contributed by atoms with E-state index in [1.54, 1.807) is 4.90 Å². The van der Waals surface area contributed by atoms with Crippen molar-refractivity contribution < 1.29 is 0 Å². The van der Waals surface area contributed by atoms with Gasteiger partial charge in [0, 0.05) is 20.5 Å². The maximum absolute atomic E-state index is 7.06. The summed E-state index contributed by atoms with van der Waals surface area (Å²) in [4.78, 5) is 1.74. The molecule has 41 valence electrons. The van der Waals surface area contributed by atoms with Crippen LogP contribution in [-0.4, -0.2) is 24.8 Å². The van der Waals surface area contributed by atoms with Gasteiger partial charge in [-0.05, 0) is 6.92 Å². The van der Waals surface area contributed by atoms with Gasteiger partial charge < -0.3 is 4.90 Å². The normalized spacial score (nSPS) is 8.43. The zero-order chi connectivity index (χ0) is 5.86. The van der Waals surface area contributed by atoms with Crippen molar-refractivity contribution in [2.24, 2.45) is 0 Å². The van der Waals surface area contributed by atoms with Gasteiger partial charge in [-0.25, -0.2) is 0 Å². The van der Waals surface area contributed by atoms with Crippen LogP contribution in [0.5, 0.6) is 0 Å². The molecular formula is C5H11N2. The largest absolute Gasteiger partial charge is 0.367 e. The smallest absolute Gasteiger partial charge is 0.0952 e. The van der Waals surface area contributed by atoms with E-state index in [4.69, 9.17) is 5.41 Å². The van der Waals surface area contributed by atoms with Crippen LogP contribution in [-0.2, 0) is 0 Å². The van der Waals surface area contributed by atoms with Crippen LogP contribution < -0.4 is 0 Å². The molecule has 0 amide bonds. The predicted octanol–water partition coefficient (Wildman–Crippen LogP) is 0.749. The van der Waals surface area contributed by atoms with Gasteiger partial charge in [-0.15, -0.1) is 0 Å². The SMILES string of the molecule is [CH2]CC(=N)N(C)C. The summed E-state index contributed by atoms with van der Waals surface area (Å²) >= 11 is 0. The molecule has 0 heterocycles. The minimum atomic E-state index is 0.569. The van der Waals surface area contributed by atoms with Gasteiger partial charge in [-0.3, -0.25) is 5.41 Å². The molecule has 0 unspecified atom stereocenters. The molecule has 0 aromatic rings. The van der Waals surface area contributed by atoms with Crippen LogP contribution in [0.15, 0.2) is 0 Å². The Morgan fingerprint density at radius 3 is 2.14 bits per heavy atom. The van der Waals surface area contributed by atoms with Crippen molar-refractivity contribution in [3.05, 3.63) is 6.92 Å². The monoisotopic (exact) mass is 99.1 g/mol. The Morgan fingerprint density at radius 1 is 1.71 bits per heavy atom. The molecule has 2 heteroatoms. The third kappa shape index (κ3) is 2.20. The zero-order valence-electron chi connectivity index (χ0n) is 4.86. The molecule has 0 bridgehead atoms. The molecule has 1 N–H and O–H groups in total. The van der Waals surface area contributed by atoms with E-state index in [0.29, 0.717) is 12.3 Å². The molecule has 0 aromatic heterocycles. The summed E-state index contributed by atoms with van der Waals surface area (Å²) < 4.78 is 0. The molecule has 0 atom stereocenters. The fraction of sp³-hybridized carbons (Fsp3) is 0.600. The first-order valence-corrected chi connectivity index (χ1v) is 2.22. The minimum Gasteiger partial charge on any atom is -0.367 e. The summed E-state index contributed by atoms with van der Waals surface area (Å²) in [7, 11) is 3.68. The molecule has 7 heavy (non-hydrogen) atoms. The first kappa shape index (κ1) is 6.47. The fourth-order valence-corrected chi connectivity index (χ4v) is 0.224. The number of rotatable bonds is 1. The lowest BCUT2D eigenvalue weighted by molar-refractivity contribution is 0.606. The van der Waals surface area contributed by atoms with Gasteiger partial charge in [0.15, 0.2) is 0 Å². The molecule has 0 aliphatic carbocycles. The topological polar surface area (TPSA) is 27.1 Å². The van der Waals surface area contributed by atoms with E-state index in [2.05, 4.69) is 6.92 Å². The van der Waals surface area contributed by atoms with Crippen LogP contribution in [0.1, 0.15) is 6.42 Å². The number of nitrogens with zero attached hydrogens (tertiary/aromatic N) is 1. The standard InChI is InChI=1S/C5H11N2/c1-4-5(6)7(2)3/h6H,1,4H2,2-3H3. The van der Waals surface area contributed by atoms with Gasteiger partial charge in [0.25, 0.3) is 0 Å². The Labute approximate surface area is 44.6 Å². The molecule has 0 aliphatic heterocycles. The summed E-state index contributed by atoms with van der Waals surface area (Å²) in [5, 5.41) is 7.06. The van der Waals surface area contributed by atoms with Crippen LogP contribution in [0, 0.1) is 12.3 Å². The first-order chi connectivity index (χ1) is 3.18. The Balaban J connectivity index is 3.35. The summed E-state index contributed by atoms with van der Waals surface area (Å²) in [6, 6.07) is 0. The van der Waals surface area contributed by atoms with Gasteiger partial charge in [0.1, 0.15) is 0 Å². The highest BCUT2D eigenvalue weighted by atomic mass is 15.1. The minimum absolute atomic E-state index is 0.569.